The predicted molar refractivity (Wildman–Crippen MR) is 85.3 cm³/mol. The van der Waals surface area contributed by atoms with Crippen LogP contribution in [-0.2, 0) is 85.7 Å². The molecule has 0 amide bonds. The van der Waals surface area contributed by atoms with Crippen molar-refractivity contribution < 1.29 is 38.9 Å². The summed E-state index contributed by atoms with van der Waals surface area (Å²) in [5.74, 6) is 0. The van der Waals surface area contributed by atoms with Crippen LogP contribution in [-0.4, -0.2) is 34.7 Å². The SMILES string of the molecule is [2H]COP(=S)([S-])OCC.[B]COP(=S)([S-])OCC.[Zn+2]. The molecule has 0 aliphatic rings. The second kappa shape index (κ2) is 14.5. The molecule has 18 heavy (non-hydrogen) atoms. The van der Waals surface area contributed by atoms with Crippen molar-refractivity contribution >= 4 is 67.3 Å². The molecule has 2 radical (unpaired) electrons. The summed E-state index contributed by atoms with van der Waals surface area (Å²) in [6.07, 6.45) is 0. The van der Waals surface area contributed by atoms with Gasteiger partial charge in [-0.2, -0.15) is 0 Å². The van der Waals surface area contributed by atoms with Crippen molar-refractivity contribution in [3.05, 3.63) is 0 Å². The topological polar surface area (TPSA) is 36.9 Å². The Kier molecular flexibility index (Phi) is 18.3. The molecular weight excluding hydrogens is 402 g/mol. The van der Waals surface area contributed by atoms with Gasteiger partial charge in [0.2, 0.25) is 0 Å². The summed E-state index contributed by atoms with van der Waals surface area (Å²) < 4.78 is 25.8. The van der Waals surface area contributed by atoms with Crippen molar-refractivity contribution in [2.75, 3.05) is 26.8 Å². The van der Waals surface area contributed by atoms with Gasteiger partial charge >= 0.3 is 19.5 Å². The molecule has 2 unspecified atom stereocenters. The normalized spacial score (nSPS) is 17.2. The smallest absolute Gasteiger partial charge is 0.691 e. The molecule has 0 fully saturated rings. The fourth-order valence-electron chi connectivity index (χ4n) is 0.482. The first-order valence-corrected chi connectivity index (χ1v) is 11.7. The second-order valence-electron chi connectivity index (χ2n) is 2.15. The minimum atomic E-state index is -2.46. The summed E-state index contributed by atoms with van der Waals surface area (Å²) in [4.78, 5) is 0. The van der Waals surface area contributed by atoms with Crippen LogP contribution < -0.4 is 0 Å². The van der Waals surface area contributed by atoms with Gasteiger partial charge in [-0.1, -0.05) is 23.6 Å². The Balaban J connectivity index is -0.000000256. The molecule has 0 aliphatic heterocycles. The third-order valence-electron chi connectivity index (χ3n) is 0.965. The van der Waals surface area contributed by atoms with Crippen LogP contribution in [0.5, 0.6) is 0 Å². The van der Waals surface area contributed by atoms with Gasteiger partial charge < -0.3 is 42.6 Å². The summed E-state index contributed by atoms with van der Waals surface area (Å²) in [5.41, 5.74) is -4.86. The van der Waals surface area contributed by atoms with Gasteiger partial charge in [-0.05, 0) is 13.8 Å². The first kappa shape index (κ1) is 22.8. The van der Waals surface area contributed by atoms with Crippen molar-refractivity contribution in [2.45, 2.75) is 13.8 Å². The van der Waals surface area contributed by atoms with E-state index in [4.69, 9.17) is 70.9 Å². The zero-order valence-electron chi connectivity index (χ0n) is 11.3. The van der Waals surface area contributed by atoms with E-state index in [1.54, 1.807) is 6.92 Å². The Bertz CT molecular complexity index is 256. The van der Waals surface area contributed by atoms with Crippen LogP contribution in [0.2, 0.25) is 0 Å². The summed E-state index contributed by atoms with van der Waals surface area (Å²) in [6.45, 7) is 4.59. The van der Waals surface area contributed by atoms with E-state index >= 15 is 0 Å². The van der Waals surface area contributed by atoms with Gasteiger partial charge in [0.05, 0.1) is 12.8 Å². The van der Waals surface area contributed by atoms with Crippen LogP contribution in [0.1, 0.15) is 15.2 Å². The van der Waals surface area contributed by atoms with E-state index in [-0.39, 0.29) is 33.1 Å². The predicted octanol–water partition coefficient (Wildman–Crippen LogP) is 2.38. The molecule has 0 aromatic rings. The van der Waals surface area contributed by atoms with E-state index in [0.29, 0.717) is 13.2 Å². The van der Waals surface area contributed by atoms with Crippen LogP contribution in [0.15, 0.2) is 0 Å². The molecule has 0 aromatic heterocycles. The monoisotopic (exact) mass is 417 g/mol. The molecule has 0 bridgehead atoms. The van der Waals surface area contributed by atoms with Gasteiger partial charge in [-0.25, -0.2) is 0 Å². The molecule has 102 valence electrons. The molecule has 0 aromatic carbocycles. The fraction of sp³-hybridized carbons (Fsp3) is 1.00. The average Bonchev–Trinajstić information content (AvgIpc) is 2.17. The second-order valence-corrected chi connectivity index (χ2v) is 12.1. The molecule has 0 spiro atoms. The first-order chi connectivity index (χ1) is 8.24. The Morgan fingerprint density at radius 2 is 1.56 bits per heavy atom. The zero-order chi connectivity index (χ0) is 14.7. The minimum absolute atomic E-state index is 0. The Labute approximate surface area is 146 Å². The van der Waals surface area contributed by atoms with Gasteiger partial charge in [0.25, 0.3) is 0 Å². The van der Waals surface area contributed by atoms with E-state index in [9.17, 15) is 0 Å². The third-order valence-corrected chi connectivity index (χ3v) is 5.43. The molecule has 0 saturated heterocycles. The van der Waals surface area contributed by atoms with Gasteiger partial charge in [-0.15, -0.1) is 0 Å². The average molecular weight is 419 g/mol. The number of hydrogen-bond acceptors (Lipinski definition) is 8. The molecule has 0 saturated carbocycles. The van der Waals surface area contributed by atoms with E-state index in [2.05, 4.69) is 4.52 Å². The van der Waals surface area contributed by atoms with Gasteiger partial charge in [-0.3, -0.25) is 0 Å². The summed E-state index contributed by atoms with van der Waals surface area (Å²) in [7, 11) is 4.83. The zero-order valence-corrected chi connectivity index (χ0v) is 18.3. The van der Waals surface area contributed by atoms with E-state index in [0.717, 1.165) is 0 Å². The quantitative estimate of drug-likeness (QED) is 0.354. The molecule has 2 atom stereocenters. The van der Waals surface area contributed by atoms with Crippen molar-refractivity contribution in [3.63, 3.8) is 0 Å². The Hall–Kier alpha value is 2.53. The molecule has 0 aliphatic carbocycles. The van der Waals surface area contributed by atoms with E-state index in [1.165, 1.54) is 0 Å². The molecule has 0 N–H and O–H groups in total. The van der Waals surface area contributed by atoms with Gasteiger partial charge in [0, 0.05) is 26.8 Å². The van der Waals surface area contributed by atoms with Crippen LogP contribution >= 0.6 is 11.4 Å². The maximum atomic E-state index is 6.63. The van der Waals surface area contributed by atoms with Crippen molar-refractivity contribution in [1.82, 2.24) is 0 Å². The Morgan fingerprint density at radius 3 is 1.89 bits per heavy atom. The van der Waals surface area contributed by atoms with Crippen molar-refractivity contribution in [2.24, 2.45) is 0 Å². The molecule has 0 heterocycles. The summed E-state index contributed by atoms with van der Waals surface area (Å²) in [6, 6.07) is 0. The number of hydrogen-bond donors (Lipinski definition) is 0. The Morgan fingerprint density at radius 1 is 1.11 bits per heavy atom. The van der Waals surface area contributed by atoms with E-state index in [1.807, 2.05) is 6.92 Å². The van der Waals surface area contributed by atoms with Crippen LogP contribution in [0.3, 0.4) is 0 Å². The van der Waals surface area contributed by atoms with Crippen LogP contribution in [0, 0.1) is 0 Å². The largest absolute Gasteiger partial charge is 2.00 e. The van der Waals surface area contributed by atoms with Crippen LogP contribution in [0.25, 0.3) is 0 Å². The maximum absolute atomic E-state index is 6.63. The van der Waals surface area contributed by atoms with Crippen molar-refractivity contribution in [3.8, 4) is 0 Å². The standard InChI is InChI=1S/C3H8BO2PS2.C3H9O2PS2.Zn/c1-2-5-7(8,9)6-3-4;1-3-5-6(7,8)4-2;/h2-3H2,1H3,(H,8,9);3H2,1-2H3,(H,7,8);/q;;+2/p-2/i;2D;. The maximum Gasteiger partial charge on any atom is 2.00 e. The van der Waals surface area contributed by atoms with E-state index < -0.39 is 11.4 Å². The molecule has 0 rings (SSSR count). The van der Waals surface area contributed by atoms with Gasteiger partial charge in [0.15, 0.2) is 0 Å². The summed E-state index contributed by atoms with van der Waals surface area (Å²) in [5, 5.41) is 0. The van der Waals surface area contributed by atoms with Crippen LogP contribution in [0.4, 0.5) is 0 Å². The molecule has 4 nitrogen and oxygen atoms in total. The fourth-order valence-corrected chi connectivity index (χ4v) is 3.08. The van der Waals surface area contributed by atoms with Gasteiger partial charge in [0.1, 0.15) is 7.85 Å². The minimum Gasteiger partial charge on any atom is -0.691 e. The third kappa shape index (κ3) is 18.5. The molecular formula is C6H15BO4P2S4Zn. The van der Waals surface area contributed by atoms with Crippen molar-refractivity contribution in [1.29, 1.82) is 0 Å². The molecule has 12 heteroatoms. The number of rotatable bonds is 7. The first-order valence-electron chi connectivity index (χ1n) is 5.14. The summed E-state index contributed by atoms with van der Waals surface area (Å²) >= 11 is 18.9.